The van der Waals surface area contributed by atoms with Crippen LogP contribution in [0.4, 0.5) is 11.5 Å². The summed E-state index contributed by atoms with van der Waals surface area (Å²) in [5, 5.41) is 5.73. The predicted octanol–water partition coefficient (Wildman–Crippen LogP) is 3.90. The summed E-state index contributed by atoms with van der Waals surface area (Å²) < 4.78 is 1.72. The summed E-state index contributed by atoms with van der Waals surface area (Å²) in [6.07, 6.45) is 1.64. The monoisotopic (exact) mass is 383 g/mol. The minimum Gasteiger partial charge on any atom is -0.372 e. The summed E-state index contributed by atoms with van der Waals surface area (Å²) in [6.45, 7) is 0. The van der Waals surface area contributed by atoms with Crippen molar-refractivity contribution >= 4 is 49.3 Å². The number of anilines is 2. The van der Waals surface area contributed by atoms with Crippen LogP contribution in [0.3, 0.4) is 0 Å². The van der Waals surface area contributed by atoms with Crippen molar-refractivity contribution < 1.29 is 4.79 Å². The lowest BCUT2D eigenvalue weighted by atomic mass is 10.2. The van der Waals surface area contributed by atoms with Crippen molar-refractivity contribution in [3.05, 3.63) is 51.0 Å². The van der Waals surface area contributed by atoms with Crippen LogP contribution in [-0.2, 0) is 0 Å². The molecule has 0 fully saturated rings. The predicted molar refractivity (Wildman–Crippen MR) is 83.6 cm³/mol. The number of halogens is 2. The maximum absolute atomic E-state index is 12.2. The molecule has 2 N–H and O–H groups in total. The summed E-state index contributed by atoms with van der Waals surface area (Å²) in [5.41, 5.74) is 1.22. The molecular formula is C13H11Br2N3O. The molecule has 0 saturated carbocycles. The third kappa shape index (κ3) is 3.54. The molecule has 0 unspecified atom stereocenters. The fourth-order valence-electron chi connectivity index (χ4n) is 1.54. The zero-order valence-corrected chi connectivity index (χ0v) is 13.2. The van der Waals surface area contributed by atoms with Gasteiger partial charge in [-0.2, -0.15) is 0 Å². The van der Waals surface area contributed by atoms with Crippen LogP contribution in [0.15, 0.2) is 45.5 Å². The number of pyridine rings is 1. The molecule has 19 heavy (non-hydrogen) atoms. The van der Waals surface area contributed by atoms with Crippen molar-refractivity contribution in [3.8, 4) is 0 Å². The van der Waals surface area contributed by atoms with Crippen molar-refractivity contribution in [2.24, 2.45) is 0 Å². The lowest BCUT2D eigenvalue weighted by molar-refractivity contribution is 0.102. The van der Waals surface area contributed by atoms with E-state index in [-0.39, 0.29) is 5.91 Å². The minimum atomic E-state index is -0.208. The fraction of sp³-hybridized carbons (Fsp3) is 0.0769. The van der Waals surface area contributed by atoms with Gasteiger partial charge in [-0.3, -0.25) is 4.79 Å². The summed E-state index contributed by atoms with van der Waals surface area (Å²) >= 11 is 6.66. The van der Waals surface area contributed by atoms with Crippen molar-refractivity contribution in [1.29, 1.82) is 0 Å². The summed E-state index contributed by atoms with van der Waals surface area (Å²) in [5.74, 6) is 0.332. The second-order valence-electron chi connectivity index (χ2n) is 3.76. The minimum absolute atomic E-state index is 0.208. The van der Waals surface area contributed by atoms with E-state index in [1.54, 1.807) is 19.3 Å². The average molecular weight is 385 g/mol. The molecule has 1 aromatic heterocycles. The number of rotatable bonds is 3. The van der Waals surface area contributed by atoms with Crippen LogP contribution in [0.2, 0.25) is 0 Å². The molecule has 0 aliphatic carbocycles. The Morgan fingerprint density at radius 1 is 1.16 bits per heavy atom. The summed E-state index contributed by atoms with van der Waals surface area (Å²) in [4.78, 5) is 16.4. The summed E-state index contributed by atoms with van der Waals surface area (Å²) in [7, 11) is 1.73. The van der Waals surface area contributed by atoms with Crippen molar-refractivity contribution in [3.63, 3.8) is 0 Å². The van der Waals surface area contributed by atoms with E-state index >= 15 is 0 Å². The number of benzene rings is 1. The maximum atomic E-state index is 12.2. The highest BCUT2D eigenvalue weighted by Crippen LogP contribution is 2.20. The highest BCUT2D eigenvalue weighted by atomic mass is 79.9. The van der Waals surface area contributed by atoms with Crippen LogP contribution >= 0.6 is 31.9 Å². The molecule has 0 aliphatic heterocycles. The van der Waals surface area contributed by atoms with Gasteiger partial charge in [-0.1, -0.05) is 15.9 Å². The van der Waals surface area contributed by atoms with Crippen LogP contribution in [-0.4, -0.2) is 17.9 Å². The van der Waals surface area contributed by atoms with Crippen molar-refractivity contribution in [2.75, 3.05) is 17.7 Å². The third-order valence-electron chi connectivity index (χ3n) is 2.44. The van der Waals surface area contributed by atoms with Crippen molar-refractivity contribution in [2.45, 2.75) is 0 Å². The Kier molecular flexibility index (Phi) is 4.55. The van der Waals surface area contributed by atoms with Gasteiger partial charge in [-0.25, -0.2) is 4.98 Å². The van der Waals surface area contributed by atoms with Crippen LogP contribution in [0.5, 0.6) is 0 Å². The van der Waals surface area contributed by atoms with Gasteiger partial charge in [-0.05, 0) is 46.3 Å². The Morgan fingerprint density at radius 3 is 2.47 bits per heavy atom. The van der Waals surface area contributed by atoms with Gasteiger partial charge < -0.3 is 10.6 Å². The molecule has 0 atom stereocenters. The second-order valence-corrected chi connectivity index (χ2v) is 5.59. The van der Waals surface area contributed by atoms with Gasteiger partial charge in [0.25, 0.3) is 5.91 Å². The van der Waals surface area contributed by atoms with Gasteiger partial charge in [0.05, 0.1) is 5.56 Å². The smallest absolute Gasteiger partial charge is 0.259 e. The van der Waals surface area contributed by atoms with Gasteiger partial charge >= 0.3 is 0 Å². The first kappa shape index (κ1) is 14.0. The molecule has 0 radical (unpaired) electrons. The van der Waals surface area contributed by atoms with Crippen LogP contribution in [0.1, 0.15) is 10.4 Å². The van der Waals surface area contributed by atoms with E-state index < -0.39 is 0 Å². The molecule has 2 aromatic rings. The summed E-state index contributed by atoms with van der Waals surface area (Å²) in [6, 6.07) is 9.12. The van der Waals surface area contributed by atoms with E-state index in [9.17, 15) is 4.79 Å². The number of carbonyl (C=O) groups excluding carboxylic acids is 1. The second kappa shape index (κ2) is 6.16. The number of hydrogen-bond donors (Lipinski definition) is 2. The fourth-order valence-corrected chi connectivity index (χ4v) is 2.14. The number of carbonyl (C=O) groups is 1. The van der Waals surface area contributed by atoms with Gasteiger partial charge in [-0.15, -0.1) is 0 Å². The van der Waals surface area contributed by atoms with E-state index in [2.05, 4.69) is 47.5 Å². The maximum Gasteiger partial charge on any atom is 0.259 e. The average Bonchev–Trinajstić information content (AvgIpc) is 2.41. The van der Waals surface area contributed by atoms with Crippen molar-refractivity contribution in [1.82, 2.24) is 4.98 Å². The Balaban J connectivity index is 2.24. The SMILES string of the molecule is CNc1ncc(Br)cc1C(=O)Nc1ccc(Br)cc1. The molecule has 2 rings (SSSR count). The molecule has 1 aromatic carbocycles. The van der Waals surface area contributed by atoms with E-state index in [1.807, 2.05) is 24.3 Å². The van der Waals surface area contributed by atoms with E-state index in [0.29, 0.717) is 11.4 Å². The van der Waals surface area contributed by atoms with Gasteiger partial charge in [0.1, 0.15) is 5.82 Å². The number of amides is 1. The lowest BCUT2D eigenvalue weighted by Crippen LogP contribution is -2.14. The Labute approximate surface area is 127 Å². The Morgan fingerprint density at radius 2 is 1.84 bits per heavy atom. The van der Waals surface area contributed by atoms with Gasteiger partial charge in [0, 0.05) is 27.9 Å². The highest BCUT2D eigenvalue weighted by Gasteiger charge is 2.12. The lowest BCUT2D eigenvalue weighted by Gasteiger charge is -2.09. The highest BCUT2D eigenvalue weighted by molar-refractivity contribution is 9.10. The first-order valence-corrected chi connectivity index (χ1v) is 7.09. The number of nitrogens with one attached hydrogen (secondary N) is 2. The Hall–Kier alpha value is -1.40. The van der Waals surface area contributed by atoms with Crippen LogP contribution < -0.4 is 10.6 Å². The molecule has 4 nitrogen and oxygen atoms in total. The molecule has 0 aliphatic rings. The van der Waals surface area contributed by atoms with E-state index in [4.69, 9.17) is 0 Å². The van der Waals surface area contributed by atoms with E-state index in [1.165, 1.54) is 0 Å². The first-order valence-electron chi connectivity index (χ1n) is 5.50. The number of aromatic nitrogens is 1. The largest absolute Gasteiger partial charge is 0.372 e. The molecule has 6 heteroatoms. The Bertz CT molecular complexity index is 599. The molecule has 0 spiro atoms. The molecular weight excluding hydrogens is 374 g/mol. The van der Waals surface area contributed by atoms with E-state index in [0.717, 1.165) is 14.6 Å². The number of hydrogen-bond acceptors (Lipinski definition) is 3. The molecule has 0 bridgehead atoms. The quantitative estimate of drug-likeness (QED) is 0.843. The van der Waals surface area contributed by atoms with Crippen LogP contribution in [0, 0.1) is 0 Å². The topological polar surface area (TPSA) is 54.0 Å². The first-order chi connectivity index (χ1) is 9.10. The standard InChI is InChI=1S/C13H11Br2N3O/c1-16-12-11(6-9(15)7-17-12)13(19)18-10-4-2-8(14)3-5-10/h2-7H,1H3,(H,16,17)(H,18,19). The van der Waals surface area contributed by atoms with Crippen LogP contribution in [0.25, 0.3) is 0 Å². The molecule has 1 amide bonds. The van der Waals surface area contributed by atoms with Gasteiger partial charge in [0.15, 0.2) is 0 Å². The normalized spacial score (nSPS) is 10.1. The zero-order valence-electron chi connectivity index (χ0n) is 10.1. The molecule has 98 valence electrons. The molecule has 0 saturated heterocycles. The zero-order chi connectivity index (χ0) is 13.8. The van der Waals surface area contributed by atoms with Gasteiger partial charge in [0.2, 0.25) is 0 Å². The molecule has 1 heterocycles. The third-order valence-corrected chi connectivity index (χ3v) is 3.40. The number of nitrogens with zero attached hydrogens (tertiary/aromatic N) is 1.